The van der Waals surface area contributed by atoms with E-state index in [0.717, 1.165) is 51.4 Å². The van der Waals surface area contributed by atoms with E-state index >= 15 is 0 Å². The van der Waals surface area contributed by atoms with Crippen LogP contribution >= 0.6 is 27.5 Å². The van der Waals surface area contributed by atoms with Gasteiger partial charge in [-0.15, -0.1) is 11.6 Å². The molecule has 5 aliphatic rings. The third kappa shape index (κ3) is 5.50. The summed E-state index contributed by atoms with van der Waals surface area (Å²) in [6, 6.07) is 0. The Labute approximate surface area is 243 Å². The van der Waals surface area contributed by atoms with E-state index in [1.54, 1.807) is 0 Å². The fraction of sp³-hybridized carbons (Fsp3) is 1.00. The van der Waals surface area contributed by atoms with E-state index in [1.165, 1.54) is 0 Å². The second-order valence-corrected chi connectivity index (χ2v) is 16.5. The molecule has 5 rings (SSSR count). The summed E-state index contributed by atoms with van der Waals surface area (Å²) in [4.78, 5) is 0.358. The molecule has 11 unspecified atom stereocenters. The number of fused-ring (bicyclic) bond motifs is 1. The van der Waals surface area contributed by atoms with Crippen LogP contribution in [0.25, 0.3) is 0 Å². The lowest BCUT2D eigenvalue weighted by Crippen LogP contribution is -2.63. The Morgan fingerprint density at radius 3 is 1.97 bits per heavy atom. The van der Waals surface area contributed by atoms with Gasteiger partial charge >= 0.3 is 0 Å². The van der Waals surface area contributed by atoms with Crippen molar-refractivity contribution in [2.75, 3.05) is 0 Å². The topological polar surface area (TPSA) is 69.7 Å². The highest BCUT2D eigenvalue weighted by molar-refractivity contribution is 9.09. The Hall–Kier alpha value is 0.530. The minimum atomic E-state index is -1.02. The molecule has 5 fully saturated rings. The van der Waals surface area contributed by atoms with Gasteiger partial charge in [0.15, 0.2) is 0 Å². The van der Waals surface area contributed by atoms with Crippen LogP contribution in [0, 0.1) is 0 Å². The molecule has 5 heterocycles. The standard InChI is InChI=1S/C30H50BrClO6/c1-25(2)19(31)11-14-30(8,38-25)22-13-16-28(6)21(34-22)9-10-23(36-28)29(7)15-12-20(35-29)27(5,33)17-18(32)24-26(3,4)37-24/h18-24,33H,9-17H2,1-8H3. The van der Waals surface area contributed by atoms with Crippen LogP contribution in [0.4, 0.5) is 0 Å². The monoisotopic (exact) mass is 620 g/mol. The Kier molecular flexibility index (Phi) is 7.73. The van der Waals surface area contributed by atoms with Gasteiger partial charge in [-0.05, 0) is 113 Å². The van der Waals surface area contributed by atoms with Crippen LogP contribution in [0.3, 0.4) is 0 Å². The Morgan fingerprint density at radius 1 is 0.789 bits per heavy atom. The van der Waals surface area contributed by atoms with Crippen LogP contribution in [0.15, 0.2) is 0 Å². The number of hydrogen-bond donors (Lipinski definition) is 1. The van der Waals surface area contributed by atoms with Gasteiger partial charge in [-0.3, -0.25) is 0 Å². The zero-order valence-electron chi connectivity index (χ0n) is 24.6. The van der Waals surface area contributed by atoms with Crippen LogP contribution in [-0.4, -0.2) is 79.4 Å². The van der Waals surface area contributed by atoms with E-state index in [2.05, 4.69) is 50.5 Å². The molecule has 0 radical (unpaired) electrons. The minimum absolute atomic E-state index is 0.0228. The summed E-state index contributed by atoms with van der Waals surface area (Å²) in [7, 11) is 0. The molecule has 8 heteroatoms. The van der Waals surface area contributed by atoms with Crippen LogP contribution in [-0.2, 0) is 23.7 Å². The first-order valence-electron chi connectivity index (χ1n) is 14.8. The van der Waals surface area contributed by atoms with Crippen LogP contribution in [0.2, 0.25) is 0 Å². The zero-order chi connectivity index (χ0) is 27.9. The highest BCUT2D eigenvalue weighted by Gasteiger charge is 2.58. The van der Waals surface area contributed by atoms with Gasteiger partial charge in [0, 0.05) is 4.83 Å². The van der Waals surface area contributed by atoms with E-state index in [0.29, 0.717) is 11.2 Å². The van der Waals surface area contributed by atoms with Gasteiger partial charge < -0.3 is 28.8 Å². The molecule has 0 aromatic rings. The Morgan fingerprint density at radius 2 is 1.34 bits per heavy atom. The quantitative estimate of drug-likeness (QED) is 0.272. The smallest absolute Gasteiger partial charge is 0.103 e. The second-order valence-electron chi connectivity index (χ2n) is 14.8. The average Bonchev–Trinajstić information content (AvgIpc) is 3.25. The number of epoxide rings is 1. The maximum Gasteiger partial charge on any atom is 0.103 e. The summed E-state index contributed by atoms with van der Waals surface area (Å²) in [5.41, 5.74) is -2.52. The van der Waals surface area contributed by atoms with Gasteiger partial charge in [-0.25, -0.2) is 0 Å². The number of rotatable bonds is 6. The van der Waals surface area contributed by atoms with E-state index in [4.69, 9.17) is 35.3 Å². The predicted molar refractivity (Wildman–Crippen MR) is 152 cm³/mol. The molecule has 38 heavy (non-hydrogen) atoms. The first-order chi connectivity index (χ1) is 17.4. The van der Waals surface area contributed by atoms with Crippen LogP contribution in [0.5, 0.6) is 0 Å². The Bertz CT molecular complexity index is 898. The van der Waals surface area contributed by atoms with Gasteiger partial charge in [0.1, 0.15) is 6.10 Å². The third-order valence-corrected chi connectivity index (χ3v) is 12.5. The summed E-state index contributed by atoms with van der Waals surface area (Å²) < 4.78 is 32.7. The lowest BCUT2D eigenvalue weighted by molar-refractivity contribution is -0.304. The van der Waals surface area contributed by atoms with Crippen molar-refractivity contribution in [1.82, 2.24) is 0 Å². The molecule has 0 aliphatic carbocycles. The van der Waals surface area contributed by atoms with E-state index < -0.39 is 11.2 Å². The van der Waals surface area contributed by atoms with Gasteiger partial charge in [0.25, 0.3) is 0 Å². The zero-order valence-corrected chi connectivity index (χ0v) is 27.0. The normalized spacial score (nSPS) is 50.6. The number of ether oxygens (including phenoxy) is 5. The number of hydrogen-bond acceptors (Lipinski definition) is 6. The van der Waals surface area contributed by atoms with Crippen molar-refractivity contribution in [2.45, 2.75) is 188 Å². The molecule has 0 amide bonds. The predicted octanol–water partition coefficient (Wildman–Crippen LogP) is 6.45. The third-order valence-electron chi connectivity index (χ3n) is 10.5. The summed E-state index contributed by atoms with van der Waals surface area (Å²) in [5.74, 6) is 0. The molecular formula is C30H50BrClO6. The maximum absolute atomic E-state index is 11.4. The maximum atomic E-state index is 11.4. The van der Waals surface area contributed by atoms with Gasteiger partial charge in [0.2, 0.25) is 0 Å². The molecule has 5 aliphatic heterocycles. The summed E-state index contributed by atoms with van der Waals surface area (Å²) in [5, 5.41) is 11.1. The fourth-order valence-corrected chi connectivity index (χ4v) is 8.73. The van der Waals surface area contributed by atoms with E-state index in [9.17, 15) is 5.11 Å². The van der Waals surface area contributed by atoms with Crippen molar-refractivity contribution in [3.05, 3.63) is 0 Å². The van der Waals surface area contributed by atoms with Crippen LogP contribution < -0.4 is 0 Å². The SMILES string of the molecule is CC(O)(CC(Cl)C1OC1(C)C)C1CCC(C)(C2CCC3OC(C4(C)CCC(Br)C(C)(C)O4)CCC3(C)O2)O1. The summed E-state index contributed by atoms with van der Waals surface area (Å²) in [6.45, 7) is 16.9. The second kappa shape index (κ2) is 9.79. The average molecular weight is 622 g/mol. The molecule has 5 saturated heterocycles. The molecule has 0 spiro atoms. The number of alkyl halides is 2. The largest absolute Gasteiger partial charge is 0.387 e. The minimum Gasteiger partial charge on any atom is -0.387 e. The molecule has 1 N–H and O–H groups in total. The van der Waals surface area contributed by atoms with Crippen molar-refractivity contribution in [3.63, 3.8) is 0 Å². The molecule has 6 nitrogen and oxygen atoms in total. The van der Waals surface area contributed by atoms with Gasteiger partial charge in [0.05, 0.1) is 63.4 Å². The summed E-state index contributed by atoms with van der Waals surface area (Å²) in [6.07, 6.45) is 7.64. The lowest BCUT2D eigenvalue weighted by atomic mass is 9.75. The number of halogens is 2. The molecule has 0 aromatic carbocycles. The van der Waals surface area contributed by atoms with Crippen molar-refractivity contribution >= 4 is 27.5 Å². The highest BCUT2D eigenvalue weighted by Crippen LogP contribution is 2.51. The van der Waals surface area contributed by atoms with E-state index in [-0.39, 0.29) is 58.3 Å². The van der Waals surface area contributed by atoms with Gasteiger partial charge in [-0.2, -0.15) is 0 Å². The molecule has 11 atom stereocenters. The van der Waals surface area contributed by atoms with Crippen LogP contribution in [0.1, 0.15) is 113 Å². The molecule has 0 bridgehead atoms. The first kappa shape index (κ1) is 30.0. The van der Waals surface area contributed by atoms with Gasteiger partial charge in [-0.1, -0.05) is 15.9 Å². The number of aliphatic hydroxyl groups is 1. The molecular weight excluding hydrogens is 572 g/mol. The lowest BCUT2D eigenvalue weighted by Gasteiger charge is -2.56. The van der Waals surface area contributed by atoms with E-state index in [1.807, 2.05) is 20.8 Å². The molecule has 220 valence electrons. The van der Waals surface area contributed by atoms with Crippen molar-refractivity contribution in [3.8, 4) is 0 Å². The summed E-state index contributed by atoms with van der Waals surface area (Å²) >= 11 is 10.5. The molecule has 0 aromatic heterocycles. The Balaban J connectivity index is 1.19. The highest BCUT2D eigenvalue weighted by atomic mass is 79.9. The van der Waals surface area contributed by atoms with Crippen molar-refractivity contribution < 1.29 is 28.8 Å². The van der Waals surface area contributed by atoms with Crippen molar-refractivity contribution in [1.29, 1.82) is 0 Å². The van der Waals surface area contributed by atoms with Crippen molar-refractivity contribution in [2.24, 2.45) is 0 Å². The first-order valence-corrected chi connectivity index (χ1v) is 16.1. The fourth-order valence-electron chi connectivity index (χ4n) is 7.74. The molecule has 0 saturated carbocycles.